The topological polar surface area (TPSA) is 54.5 Å². The first-order valence-electron chi connectivity index (χ1n) is 3.88. The molecule has 1 aromatic heterocycles. The zero-order valence-electron chi connectivity index (χ0n) is 7.05. The number of nitriles is 1. The van der Waals surface area contributed by atoms with E-state index in [1.54, 1.807) is 12.1 Å². The molecule has 1 heterocycles. The maximum Gasteiger partial charge on any atom is 0.235 e. The summed E-state index contributed by atoms with van der Waals surface area (Å²) in [6.45, 7) is 0. The third-order valence-corrected chi connectivity index (χ3v) is 1.73. The molecule has 0 atom stereocenters. The molecular weight excluding hydrogens is 183 g/mol. The van der Waals surface area contributed by atoms with Crippen molar-refractivity contribution in [3.8, 4) is 11.8 Å². The standard InChI is InChI=1S/C9H5FN4/c10-7-3-1-2-4-8(7)14-9(5-11)12-6-13-14/h1-4,6H. The number of aromatic nitrogens is 3. The van der Waals surface area contributed by atoms with Crippen molar-refractivity contribution in [2.24, 2.45) is 0 Å². The van der Waals surface area contributed by atoms with Gasteiger partial charge in [-0.15, -0.1) is 0 Å². The number of para-hydroxylation sites is 1. The van der Waals surface area contributed by atoms with Crippen LogP contribution in [0.25, 0.3) is 5.69 Å². The van der Waals surface area contributed by atoms with E-state index in [1.165, 1.54) is 18.5 Å². The number of halogens is 1. The highest BCUT2D eigenvalue weighted by molar-refractivity contribution is 5.34. The van der Waals surface area contributed by atoms with Crippen molar-refractivity contribution in [2.45, 2.75) is 0 Å². The number of nitrogens with zero attached hydrogens (tertiary/aromatic N) is 4. The molecular formula is C9H5FN4. The quantitative estimate of drug-likeness (QED) is 0.677. The fourth-order valence-corrected chi connectivity index (χ4v) is 1.12. The summed E-state index contributed by atoms with van der Waals surface area (Å²) in [5, 5.41) is 12.4. The fourth-order valence-electron chi connectivity index (χ4n) is 1.12. The second kappa shape index (κ2) is 3.26. The van der Waals surface area contributed by atoms with E-state index in [4.69, 9.17) is 5.26 Å². The van der Waals surface area contributed by atoms with Gasteiger partial charge in [0.05, 0.1) is 0 Å². The molecule has 14 heavy (non-hydrogen) atoms. The predicted octanol–water partition coefficient (Wildman–Crippen LogP) is 1.28. The predicted molar refractivity (Wildman–Crippen MR) is 46.0 cm³/mol. The van der Waals surface area contributed by atoms with Gasteiger partial charge in [-0.05, 0) is 12.1 Å². The molecule has 2 rings (SSSR count). The van der Waals surface area contributed by atoms with E-state index in [0.717, 1.165) is 4.68 Å². The van der Waals surface area contributed by atoms with Crippen LogP contribution in [0.3, 0.4) is 0 Å². The van der Waals surface area contributed by atoms with E-state index in [2.05, 4.69) is 10.1 Å². The molecule has 0 radical (unpaired) electrons. The van der Waals surface area contributed by atoms with Crippen molar-refractivity contribution in [1.29, 1.82) is 5.26 Å². The molecule has 1 aromatic carbocycles. The Hall–Kier alpha value is -2.22. The van der Waals surface area contributed by atoms with Gasteiger partial charge in [0.1, 0.15) is 23.9 Å². The summed E-state index contributed by atoms with van der Waals surface area (Å²) in [5.74, 6) is -0.371. The molecule has 0 aliphatic rings. The van der Waals surface area contributed by atoms with Crippen LogP contribution in [0.1, 0.15) is 5.82 Å². The van der Waals surface area contributed by atoms with Gasteiger partial charge >= 0.3 is 0 Å². The Morgan fingerprint density at radius 2 is 2.14 bits per heavy atom. The zero-order chi connectivity index (χ0) is 9.97. The summed E-state index contributed by atoms with van der Waals surface area (Å²) < 4.78 is 14.4. The van der Waals surface area contributed by atoms with Gasteiger partial charge in [-0.3, -0.25) is 0 Å². The van der Waals surface area contributed by atoms with Crippen LogP contribution in [0.15, 0.2) is 30.6 Å². The van der Waals surface area contributed by atoms with Crippen LogP contribution < -0.4 is 0 Å². The molecule has 0 unspecified atom stereocenters. The van der Waals surface area contributed by atoms with E-state index in [-0.39, 0.29) is 11.5 Å². The third-order valence-electron chi connectivity index (χ3n) is 1.73. The molecule has 0 aliphatic carbocycles. The largest absolute Gasteiger partial charge is 0.235 e. The summed E-state index contributed by atoms with van der Waals surface area (Å²) in [6.07, 6.45) is 1.21. The molecule has 0 spiro atoms. The summed E-state index contributed by atoms with van der Waals surface area (Å²) in [7, 11) is 0. The fraction of sp³-hybridized carbons (Fsp3) is 0. The van der Waals surface area contributed by atoms with E-state index in [0.29, 0.717) is 0 Å². The lowest BCUT2D eigenvalue weighted by atomic mass is 10.3. The van der Waals surface area contributed by atoms with E-state index in [1.807, 2.05) is 6.07 Å². The van der Waals surface area contributed by atoms with Crippen molar-refractivity contribution in [1.82, 2.24) is 14.8 Å². The molecule has 0 saturated heterocycles. The second-order valence-corrected chi connectivity index (χ2v) is 2.56. The number of hydrogen-bond acceptors (Lipinski definition) is 3. The molecule has 0 fully saturated rings. The Morgan fingerprint density at radius 3 is 2.86 bits per heavy atom. The maximum atomic E-state index is 13.3. The SMILES string of the molecule is N#Cc1ncnn1-c1ccccc1F. The van der Waals surface area contributed by atoms with Crippen molar-refractivity contribution < 1.29 is 4.39 Å². The minimum absolute atomic E-state index is 0.0649. The van der Waals surface area contributed by atoms with Gasteiger partial charge in [-0.2, -0.15) is 10.4 Å². The van der Waals surface area contributed by atoms with E-state index < -0.39 is 5.82 Å². The van der Waals surface area contributed by atoms with Crippen LogP contribution in [0.5, 0.6) is 0 Å². The second-order valence-electron chi connectivity index (χ2n) is 2.56. The molecule has 5 heteroatoms. The molecule has 2 aromatic rings. The van der Waals surface area contributed by atoms with E-state index in [9.17, 15) is 4.39 Å². The lowest BCUT2D eigenvalue weighted by Crippen LogP contribution is -2.02. The average Bonchev–Trinajstić information content (AvgIpc) is 2.66. The highest BCUT2D eigenvalue weighted by Crippen LogP contribution is 2.12. The first-order chi connectivity index (χ1) is 6.83. The van der Waals surface area contributed by atoms with Crippen LogP contribution in [-0.2, 0) is 0 Å². The minimum atomic E-state index is -0.436. The van der Waals surface area contributed by atoms with Gasteiger partial charge < -0.3 is 0 Å². The van der Waals surface area contributed by atoms with Crippen LogP contribution in [-0.4, -0.2) is 14.8 Å². The Morgan fingerprint density at radius 1 is 1.36 bits per heavy atom. The maximum absolute atomic E-state index is 13.3. The van der Waals surface area contributed by atoms with Gasteiger partial charge in [0.2, 0.25) is 5.82 Å². The molecule has 0 aliphatic heterocycles. The smallest absolute Gasteiger partial charge is 0.205 e. The molecule has 68 valence electrons. The van der Waals surface area contributed by atoms with Crippen LogP contribution >= 0.6 is 0 Å². The normalized spacial score (nSPS) is 9.71. The van der Waals surface area contributed by atoms with Crippen LogP contribution in [0.4, 0.5) is 4.39 Å². The highest BCUT2D eigenvalue weighted by atomic mass is 19.1. The molecule has 0 saturated carbocycles. The molecule has 4 nitrogen and oxygen atoms in total. The summed E-state index contributed by atoms with van der Waals surface area (Å²) in [6, 6.07) is 7.90. The first kappa shape index (κ1) is 8.38. The van der Waals surface area contributed by atoms with Gasteiger partial charge in [0, 0.05) is 0 Å². The highest BCUT2D eigenvalue weighted by Gasteiger charge is 2.08. The van der Waals surface area contributed by atoms with Crippen molar-refractivity contribution in [2.75, 3.05) is 0 Å². The minimum Gasteiger partial charge on any atom is -0.205 e. The Kier molecular flexibility index (Phi) is 1.95. The molecule has 0 bridgehead atoms. The monoisotopic (exact) mass is 188 g/mol. The van der Waals surface area contributed by atoms with Gasteiger partial charge in [0.15, 0.2) is 0 Å². The van der Waals surface area contributed by atoms with Gasteiger partial charge in [-0.25, -0.2) is 14.1 Å². The Balaban J connectivity index is 2.62. The Bertz CT molecular complexity index is 498. The Labute approximate surface area is 79.2 Å². The summed E-state index contributed by atoms with van der Waals surface area (Å²) >= 11 is 0. The first-order valence-corrected chi connectivity index (χ1v) is 3.88. The number of rotatable bonds is 1. The summed E-state index contributed by atoms with van der Waals surface area (Å²) in [5.41, 5.74) is 0.224. The average molecular weight is 188 g/mol. The van der Waals surface area contributed by atoms with Crippen LogP contribution in [0, 0.1) is 17.1 Å². The number of benzene rings is 1. The van der Waals surface area contributed by atoms with Gasteiger partial charge in [-0.1, -0.05) is 12.1 Å². The van der Waals surface area contributed by atoms with E-state index >= 15 is 0 Å². The zero-order valence-corrected chi connectivity index (χ0v) is 7.05. The van der Waals surface area contributed by atoms with Crippen molar-refractivity contribution in [3.63, 3.8) is 0 Å². The lowest BCUT2D eigenvalue weighted by molar-refractivity contribution is 0.609. The molecule has 0 N–H and O–H groups in total. The lowest BCUT2D eigenvalue weighted by Gasteiger charge is -2.01. The molecule has 0 amide bonds. The van der Waals surface area contributed by atoms with Gasteiger partial charge in [0.25, 0.3) is 0 Å². The third kappa shape index (κ3) is 1.23. The summed E-state index contributed by atoms with van der Waals surface area (Å²) in [4.78, 5) is 3.68. The van der Waals surface area contributed by atoms with Crippen LogP contribution in [0.2, 0.25) is 0 Å². The van der Waals surface area contributed by atoms with Crippen molar-refractivity contribution >= 4 is 0 Å². The number of hydrogen-bond donors (Lipinski definition) is 0. The van der Waals surface area contributed by atoms with Crippen molar-refractivity contribution in [3.05, 3.63) is 42.2 Å².